The zero-order valence-electron chi connectivity index (χ0n) is 34.9. The number of fused-ring (bicyclic) bond motifs is 3. The lowest BCUT2D eigenvalue weighted by atomic mass is 9.78. The summed E-state index contributed by atoms with van der Waals surface area (Å²) >= 11 is 0. The number of hydrogen-bond acceptors (Lipinski definition) is 2. The first-order valence-electron chi connectivity index (χ1n) is 20.4. The van der Waals surface area contributed by atoms with Crippen molar-refractivity contribution in [3.05, 3.63) is 210 Å². The lowest BCUT2D eigenvalue weighted by Gasteiger charge is -2.26. The van der Waals surface area contributed by atoms with E-state index in [0.717, 1.165) is 45.1 Å². The van der Waals surface area contributed by atoms with E-state index in [1.165, 1.54) is 33.2 Å². The maximum atomic E-state index is 6.67. The third-order valence-electron chi connectivity index (χ3n) is 12.0. The standard InChI is InChI=1S/C54H50N4O/c1-52(2,3)40-24-26-47-48-27-25-46(36-50(48)58(49(47)33-40)51-34-42(28-29-55-51)54(6,7)39-18-12-9-13-19-39)59-45-23-15-22-44(35-45)57-31-30-56(37-57)43-21-14-20-41(32-43)53(4,5)38-16-10-8-11-17-38/h8-36H,1-7H3. The van der Waals surface area contributed by atoms with Gasteiger partial charge in [-0.25, -0.2) is 4.98 Å². The van der Waals surface area contributed by atoms with Crippen molar-refractivity contribution in [1.82, 2.24) is 14.1 Å². The van der Waals surface area contributed by atoms with Crippen molar-refractivity contribution in [3.63, 3.8) is 0 Å². The highest BCUT2D eigenvalue weighted by molar-refractivity contribution is 6.09. The molecule has 292 valence electrons. The zero-order chi connectivity index (χ0) is 40.9. The van der Waals surface area contributed by atoms with E-state index in [-0.39, 0.29) is 16.2 Å². The van der Waals surface area contributed by atoms with E-state index < -0.39 is 0 Å². The van der Waals surface area contributed by atoms with Crippen LogP contribution in [0, 0.1) is 6.33 Å². The molecule has 0 N–H and O–H groups in total. The molecule has 3 heterocycles. The Labute approximate surface area is 347 Å². The monoisotopic (exact) mass is 770 g/mol. The highest BCUT2D eigenvalue weighted by Crippen LogP contribution is 2.39. The molecule has 0 unspecified atom stereocenters. The Morgan fingerprint density at radius 1 is 0.525 bits per heavy atom. The molecule has 6 aromatic carbocycles. The second kappa shape index (κ2) is 14.6. The van der Waals surface area contributed by atoms with Crippen LogP contribution in [-0.2, 0) is 16.2 Å². The second-order valence-electron chi connectivity index (χ2n) is 17.7. The average molecular weight is 771 g/mol. The van der Waals surface area contributed by atoms with Crippen molar-refractivity contribution in [2.24, 2.45) is 0 Å². The van der Waals surface area contributed by atoms with Gasteiger partial charge in [0.15, 0.2) is 0 Å². The van der Waals surface area contributed by atoms with Crippen molar-refractivity contribution in [3.8, 4) is 28.7 Å². The molecular weight excluding hydrogens is 721 g/mol. The predicted octanol–water partition coefficient (Wildman–Crippen LogP) is 12.8. The van der Waals surface area contributed by atoms with E-state index in [1.807, 2.05) is 39.9 Å². The Bertz CT molecular complexity index is 2950. The van der Waals surface area contributed by atoms with E-state index in [2.05, 4.69) is 205 Å². The summed E-state index contributed by atoms with van der Waals surface area (Å²) in [6.07, 6.45) is 9.55. The van der Waals surface area contributed by atoms with Gasteiger partial charge in [-0.05, 0) is 93.9 Å². The highest BCUT2D eigenvalue weighted by Gasteiger charge is 2.26. The predicted molar refractivity (Wildman–Crippen MR) is 241 cm³/mol. The Morgan fingerprint density at radius 3 is 1.83 bits per heavy atom. The first-order chi connectivity index (χ1) is 28.4. The van der Waals surface area contributed by atoms with Gasteiger partial charge < -0.3 is 4.74 Å². The molecule has 0 atom stereocenters. The summed E-state index contributed by atoms with van der Waals surface area (Å²) in [4.78, 5) is 5.01. The third kappa shape index (κ3) is 7.12. The number of aromatic nitrogens is 4. The molecule has 0 aliphatic carbocycles. The van der Waals surface area contributed by atoms with Crippen LogP contribution in [0.3, 0.4) is 0 Å². The Kier molecular flexibility index (Phi) is 9.35. The maximum Gasteiger partial charge on any atom is 0.268 e. The lowest BCUT2D eigenvalue weighted by molar-refractivity contribution is -0.599. The molecule has 0 bridgehead atoms. The topological polar surface area (TPSA) is 35.9 Å². The minimum absolute atomic E-state index is 0.0148. The molecule has 0 amide bonds. The molecule has 9 rings (SSSR count). The van der Waals surface area contributed by atoms with E-state index in [4.69, 9.17) is 9.72 Å². The van der Waals surface area contributed by atoms with E-state index in [9.17, 15) is 0 Å². The minimum atomic E-state index is -0.215. The maximum absolute atomic E-state index is 6.67. The summed E-state index contributed by atoms with van der Waals surface area (Å²) < 4.78 is 13.0. The normalized spacial score (nSPS) is 12.3. The number of hydrogen-bond donors (Lipinski definition) is 0. The fraction of sp³-hybridized carbons (Fsp3) is 0.185. The Hall–Kier alpha value is -6.72. The number of imidazole rings is 1. The largest absolute Gasteiger partial charge is 0.458 e. The van der Waals surface area contributed by atoms with Gasteiger partial charge in [-0.3, -0.25) is 13.7 Å². The molecule has 0 aliphatic heterocycles. The molecular formula is C54H50N4O. The fourth-order valence-electron chi connectivity index (χ4n) is 8.23. The first kappa shape index (κ1) is 37.8. The third-order valence-corrected chi connectivity index (χ3v) is 12.0. The van der Waals surface area contributed by atoms with Crippen LogP contribution in [0.4, 0.5) is 0 Å². The summed E-state index contributed by atoms with van der Waals surface area (Å²) in [7, 11) is 0. The van der Waals surface area contributed by atoms with Gasteiger partial charge in [0.05, 0.1) is 22.4 Å². The molecule has 0 aliphatic rings. The Balaban J connectivity index is 1.06. The van der Waals surface area contributed by atoms with E-state index >= 15 is 0 Å². The van der Waals surface area contributed by atoms with Gasteiger partial charge >= 0.3 is 0 Å². The Morgan fingerprint density at radius 2 is 1.14 bits per heavy atom. The summed E-state index contributed by atoms with van der Waals surface area (Å²) in [6.45, 7) is 15.9. The summed E-state index contributed by atoms with van der Waals surface area (Å²) in [5.41, 5.74) is 10.1. The molecule has 0 radical (unpaired) electrons. The van der Waals surface area contributed by atoms with Gasteiger partial charge in [0.2, 0.25) is 0 Å². The van der Waals surface area contributed by atoms with Crippen LogP contribution < -0.4 is 9.30 Å². The molecule has 59 heavy (non-hydrogen) atoms. The van der Waals surface area contributed by atoms with Gasteiger partial charge in [-0.1, -0.05) is 139 Å². The van der Waals surface area contributed by atoms with Crippen LogP contribution in [0.25, 0.3) is 39.0 Å². The average Bonchev–Trinajstić information content (AvgIpc) is 3.88. The van der Waals surface area contributed by atoms with Crippen molar-refractivity contribution < 1.29 is 9.30 Å². The molecule has 5 heteroatoms. The number of rotatable bonds is 9. The van der Waals surface area contributed by atoms with Crippen LogP contribution in [0.15, 0.2) is 176 Å². The number of ether oxygens (including phenoxy) is 1. The number of pyridine rings is 1. The van der Waals surface area contributed by atoms with Gasteiger partial charge in [-0.2, -0.15) is 0 Å². The van der Waals surface area contributed by atoms with Gasteiger partial charge in [0, 0.05) is 46.3 Å². The van der Waals surface area contributed by atoms with Crippen LogP contribution in [0.1, 0.15) is 76.3 Å². The molecule has 3 aromatic heterocycles. The molecule has 9 aromatic rings. The second-order valence-corrected chi connectivity index (χ2v) is 17.7. The summed E-state index contributed by atoms with van der Waals surface area (Å²) in [6, 6.07) is 55.9. The molecule has 0 saturated heterocycles. The van der Waals surface area contributed by atoms with Crippen molar-refractivity contribution >= 4 is 21.8 Å². The molecule has 0 saturated carbocycles. The highest BCUT2D eigenvalue weighted by atomic mass is 16.5. The quantitative estimate of drug-likeness (QED) is 0.108. The van der Waals surface area contributed by atoms with E-state index in [1.54, 1.807) is 0 Å². The molecule has 5 nitrogen and oxygen atoms in total. The van der Waals surface area contributed by atoms with Gasteiger partial charge in [0.25, 0.3) is 6.33 Å². The smallest absolute Gasteiger partial charge is 0.268 e. The van der Waals surface area contributed by atoms with Gasteiger partial charge in [0.1, 0.15) is 17.3 Å². The van der Waals surface area contributed by atoms with Crippen molar-refractivity contribution in [2.75, 3.05) is 0 Å². The summed E-state index contributed by atoms with van der Waals surface area (Å²) in [5, 5.41) is 2.33. The number of nitrogens with zero attached hydrogens (tertiary/aromatic N) is 4. The van der Waals surface area contributed by atoms with Crippen LogP contribution >= 0.6 is 0 Å². The fourth-order valence-corrected chi connectivity index (χ4v) is 8.23. The van der Waals surface area contributed by atoms with Crippen LogP contribution in [-0.4, -0.2) is 14.1 Å². The van der Waals surface area contributed by atoms with Crippen LogP contribution in [0.2, 0.25) is 0 Å². The summed E-state index contributed by atoms with van der Waals surface area (Å²) in [5.74, 6) is 2.37. The van der Waals surface area contributed by atoms with Crippen molar-refractivity contribution in [1.29, 1.82) is 0 Å². The van der Waals surface area contributed by atoms with Crippen LogP contribution in [0.5, 0.6) is 11.5 Å². The minimum Gasteiger partial charge on any atom is -0.458 e. The zero-order valence-corrected chi connectivity index (χ0v) is 34.9. The number of benzene rings is 6. The lowest BCUT2D eigenvalue weighted by Crippen LogP contribution is -2.29. The SMILES string of the molecule is CC(C)(C)c1ccc2c3ccc(Oc4cccc(-n5[c-][n+](-c6cccc(C(C)(C)c7ccccc7)c6)cc5)c4)cc3n(-c3cc(C(C)(C)c4ccccc4)ccn3)c2c1. The first-order valence-corrected chi connectivity index (χ1v) is 20.4. The van der Waals surface area contributed by atoms with E-state index in [0.29, 0.717) is 0 Å². The molecule has 0 spiro atoms. The molecule has 0 fully saturated rings. The van der Waals surface area contributed by atoms with Crippen molar-refractivity contribution in [2.45, 2.75) is 64.7 Å². The van der Waals surface area contributed by atoms with Gasteiger partial charge in [-0.15, -0.1) is 0 Å².